The first kappa shape index (κ1) is 24.5. The Hall–Kier alpha value is 0.540. The molecule has 1 saturated carbocycles. The number of rotatable bonds is 5. The lowest BCUT2D eigenvalue weighted by Gasteiger charge is -2.00. The molecule has 140 valence electrons. The van der Waals surface area contributed by atoms with Crippen LogP contribution in [0.1, 0.15) is 47.2 Å². The lowest BCUT2D eigenvalue weighted by atomic mass is 10.1. The Labute approximate surface area is 169 Å². The zero-order valence-electron chi connectivity index (χ0n) is 14.4. The van der Waals surface area contributed by atoms with Crippen molar-refractivity contribution in [3.8, 4) is 0 Å². The molecule has 8 heteroatoms. The van der Waals surface area contributed by atoms with E-state index in [9.17, 15) is 4.79 Å². The smallest absolute Gasteiger partial charge is 0.348 e. The van der Waals surface area contributed by atoms with E-state index in [1.807, 2.05) is 12.1 Å². The van der Waals surface area contributed by atoms with Crippen LogP contribution in [0.5, 0.6) is 0 Å². The Balaban J connectivity index is 0.000000379. The predicted molar refractivity (Wildman–Crippen MR) is 113 cm³/mol. The van der Waals surface area contributed by atoms with Crippen molar-refractivity contribution in [2.75, 3.05) is 20.8 Å². The molecular weight excluding hydrogens is 482 g/mol. The maximum Gasteiger partial charge on any atom is 0.348 e. The molecule has 1 aromatic heterocycles. The van der Waals surface area contributed by atoms with Crippen LogP contribution in [-0.4, -0.2) is 37.3 Å². The van der Waals surface area contributed by atoms with E-state index in [1.54, 1.807) is 7.11 Å². The summed E-state index contributed by atoms with van der Waals surface area (Å²) < 4.78 is 9.16. The average Bonchev–Trinajstić information content (AvgIpc) is 3.24. The van der Waals surface area contributed by atoms with Crippen LogP contribution in [0.25, 0.3) is 0 Å². The first-order valence-corrected chi connectivity index (χ1v) is 13.1. The second-order valence-electron chi connectivity index (χ2n) is 5.25. The molecule has 24 heavy (non-hydrogen) atoms. The van der Waals surface area contributed by atoms with Gasteiger partial charge in [-0.25, -0.2) is 4.79 Å². The van der Waals surface area contributed by atoms with Gasteiger partial charge in [-0.15, -0.1) is 22.9 Å². The molecule has 1 N–H and O–H groups in total. The first-order chi connectivity index (χ1) is 11.5. The molecule has 0 aromatic carbocycles. The van der Waals surface area contributed by atoms with Gasteiger partial charge in [0.25, 0.3) is 0 Å². The van der Waals surface area contributed by atoms with Gasteiger partial charge in [-0.2, -0.15) is 0 Å². The molecule has 2 rings (SSSR count). The topological polar surface area (TPSA) is 55.8 Å². The summed E-state index contributed by atoms with van der Waals surface area (Å²) in [5, 5.41) is 8.97. The van der Waals surface area contributed by atoms with Gasteiger partial charge in [0.2, 0.25) is 0 Å². The molecule has 1 aliphatic carbocycles. The minimum absolute atomic E-state index is 0.234. The summed E-state index contributed by atoms with van der Waals surface area (Å²) in [5.41, 5.74) is 0. The monoisotopic (exact) mass is 508 g/mol. The minimum atomic E-state index is -0.234. The molecule has 1 heterocycles. The summed E-state index contributed by atoms with van der Waals surface area (Å²) in [6.07, 6.45) is 5.37. The first-order valence-electron chi connectivity index (χ1n) is 7.82. The molecule has 1 aromatic rings. The number of ether oxygens (including phenoxy) is 1. The number of alkyl halides is 1. The van der Waals surface area contributed by atoms with Crippen LogP contribution in [0.15, 0.2) is 12.1 Å². The summed E-state index contributed by atoms with van der Waals surface area (Å²) >= 11 is 9.45. The highest BCUT2D eigenvalue weighted by atomic mass is 127. The van der Waals surface area contributed by atoms with E-state index in [0.29, 0.717) is 29.2 Å². The fraction of sp³-hybridized carbons (Fsp3) is 0.688. The second-order valence-corrected chi connectivity index (χ2v) is 8.92. The molecule has 0 amide bonds. The number of carbonyl (C=O) groups excluding carboxylic acids is 1. The van der Waals surface area contributed by atoms with Crippen molar-refractivity contribution >= 4 is 57.4 Å². The molecule has 3 unspecified atom stereocenters. The summed E-state index contributed by atoms with van der Waals surface area (Å²) in [5.74, 6) is 0.264. The number of aliphatic hydroxyl groups excluding tert-OH is 1. The summed E-state index contributed by atoms with van der Waals surface area (Å²) in [7, 11) is 3.09. The van der Waals surface area contributed by atoms with Crippen molar-refractivity contribution in [3.05, 3.63) is 21.9 Å². The van der Waals surface area contributed by atoms with Crippen LogP contribution in [0, 0.1) is 5.92 Å². The third-order valence-electron chi connectivity index (χ3n) is 3.36. The van der Waals surface area contributed by atoms with E-state index in [2.05, 4.69) is 38.2 Å². The number of methoxy groups -OCH3 is 1. The number of aliphatic hydroxyl groups is 1. The molecule has 3 atom stereocenters. The Kier molecular flexibility index (Phi) is 16.1. The third kappa shape index (κ3) is 11.2. The van der Waals surface area contributed by atoms with Gasteiger partial charge in [0.1, 0.15) is 4.88 Å². The Bertz CT molecular complexity index is 445. The molecular formula is C16H27ClIO4PS. The number of thiophene rings is 1. The van der Waals surface area contributed by atoms with Crippen molar-refractivity contribution < 1.29 is 19.2 Å². The maximum absolute atomic E-state index is 11.0. The van der Waals surface area contributed by atoms with Crippen molar-refractivity contribution in [1.29, 1.82) is 0 Å². The molecule has 0 radical (unpaired) electrons. The fourth-order valence-corrected chi connectivity index (χ4v) is 3.55. The van der Waals surface area contributed by atoms with Crippen LogP contribution in [0.3, 0.4) is 0 Å². The van der Waals surface area contributed by atoms with E-state index in [1.165, 1.54) is 23.3 Å². The lowest BCUT2D eigenvalue weighted by Crippen LogP contribution is -1.99. The Morgan fingerprint density at radius 3 is 2.50 bits per heavy atom. The highest BCUT2D eigenvalue weighted by Crippen LogP contribution is 2.28. The van der Waals surface area contributed by atoms with Gasteiger partial charge in [0.15, 0.2) is 0 Å². The summed E-state index contributed by atoms with van der Waals surface area (Å²) in [6, 6.07) is 3.81. The molecule has 4 nitrogen and oxygen atoms in total. The van der Waals surface area contributed by atoms with Gasteiger partial charge in [-0.05, 0) is 65.8 Å². The predicted octanol–water partition coefficient (Wildman–Crippen LogP) is 5.45. The van der Waals surface area contributed by atoms with Gasteiger partial charge in [-0.1, -0.05) is 13.3 Å². The zero-order chi connectivity index (χ0) is 18.4. The van der Waals surface area contributed by atoms with Crippen LogP contribution in [-0.2, 0) is 15.7 Å². The van der Waals surface area contributed by atoms with Gasteiger partial charge in [0.05, 0.1) is 13.6 Å². The molecule has 0 aliphatic heterocycles. The van der Waals surface area contributed by atoms with E-state index in [4.69, 9.17) is 16.7 Å². The number of esters is 1. The molecule has 1 fully saturated rings. The van der Waals surface area contributed by atoms with E-state index in [0.717, 1.165) is 32.1 Å². The van der Waals surface area contributed by atoms with E-state index >= 15 is 0 Å². The van der Waals surface area contributed by atoms with Crippen molar-refractivity contribution in [2.45, 2.75) is 44.4 Å². The zero-order valence-corrected chi connectivity index (χ0v) is 19.1. The van der Waals surface area contributed by atoms with Crippen LogP contribution in [0.4, 0.5) is 0 Å². The normalized spacial score (nSPS) is 19.4. The van der Waals surface area contributed by atoms with Gasteiger partial charge in [0, 0.05) is 24.0 Å². The molecule has 0 bridgehead atoms. The van der Waals surface area contributed by atoms with Gasteiger partial charge < -0.3 is 14.4 Å². The van der Waals surface area contributed by atoms with Crippen molar-refractivity contribution in [1.82, 2.24) is 0 Å². The van der Waals surface area contributed by atoms with Gasteiger partial charge in [-0.3, -0.25) is 0 Å². The SMILES string of the molecule is CCCc1ccc(C(=O)OC)s1.COPI.OCC1CCC(Cl)C1. The molecule has 0 spiro atoms. The quantitative estimate of drug-likeness (QED) is 0.249. The number of hydrogen-bond acceptors (Lipinski definition) is 5. The minimum Gasteiger partial charge on any atom is -0.465 e. The number of hydrogen-bond donors (Lipinski definition) is 1. The second kappa shape index (κ2) is 15.8. The fourth-order valence-electron chi connectivity index (χ4n) is 2.15. The summed E-state index contributed by atoms with van der Waals surface area (Å²) in [6.45, 7) is 3.06. The number of aryl methyl sites for hydroxylation is 1. The highest BCUT2D eigenvalue weighted by molar-refractivity contribution is 14.2. The molecule has 1 aliphatic rings. The highest BCUT2D eigenvalue weighted by Gasteiger charge is 2.21. The van der Waals surface area contributed by atoms with E-state index < -0.39 is 0 Å². The van der Waals surface area contributed by atoms with Gasteiger partial charge >= 0.3 is 5.97 Å². The third-order valence-corrected chi connectivity index (χ3v) is 6.35. The molecule has 0 saturated heterocycles. The number of halogens is 2. The Morgan fingerprint density at radius 2 is 2.12 bits per heavy atom. The standard InChI is InChI=1S/C9H12O2S.C6H11ClO.CH4IOP/c1-3-4-7-5-6-8(12-7)9(10)11-2;7-6-2-1-5(3-6)4-8;1-3-4-2/h5-6H,3-4H2,1-2H3;5-6,8H,1-4H2;4H,1H3. The van der Waals surface area contributed by atoms with Crippen LogP contribution < -0.4 is 0 Å². The summed E-state index contributed by atoms with van der Waals surface area (Å²) in [4.78, 5) is 13.0. The van der Waals surface area contributed by atoms with Crippen LogP contribution in [0.2, 0.25) is 0 Å². The van der Waals surface area contributed by atoms with E-state index in [-0.39, 0.29) is 5.97 Å². The largest absolute Gasteiger partial charge is 0.465 e. The van der Waals surface area contributed by atoms with Crippen LogP contribution >= 0.6 is 51.4 Å². The maximum atomic E-state index is 11.0. The average molecular weight is 509 g/mol. The lowest BCUT2D eigenvalue weighted by molar-refractivity contribution is 0.0606. The van der Waals surface area contributed by atoms with Crippen molar-refractivity contribution in [2.24, 2.45) is 5.92 Å². The Morgan fingerprint density at radius 1 is 1.46 bits per heavy atom. The number of carbonyl (C=O) groups is 1. The van der Waals surface area contributed by atoms with Crippen molar-refractivity contribution in [3.63, 3.8) is 0 Å².